The molecule has 0 amide bonds. The van der Waals surface area contributed by atoms with Gasteiger partial charge in [0.15, 0.2) is 0 Å². The molecule has 0 spiro atoms. The number of hydrogen-bond acceptors (Lipinski definition) is 0. The number of hydrogen-bond donors (Lipinski definition) is 0. The molecule has 0 N–H and O–H groups in total. The summed E-state index contributed by atoms with van der Waals surface area (Å²) in [7, 11) is 0. The van der Waals surface area contributed by atoms with E-state index in [0.717, 1.165) is 6.42 Å². The fraction of sp³-hybridized carbons (Fsp3) is 0.818. The summed E-state index contributed by atoms with van der Waals surface area (Å²) in [5.74, 6) is 2.72. The normalized spacial score (nSPS) is 11.1. The van der Waals surface area contributed by atoms with Crippen LogP contribution in [0.1, 0.15) is 116 Å². The monoisotopic (exact) mass is 304 g/mol. The van der Waals surface area contributed by atoms with Crippen LogP contribution in [0.3, 0.4) is 0 Å². The maximum Gasteiger partial charge on any atom is 0.00860 e. The van der Waals surface area contributed by atoms with Crippen molar-refractivity contribution in [2.75, 3.05) is 0 Å². The first-order valence-corrected chi connectivity index (χ1v) is 10.00. The fourth-order valence-corrected chi connectivity index (χ4v) is 2.83. The van der Waals surface area contributed by atoms with Crippen molar-refractivity contribution < 1.29 is 0 Å². The van der Waals surface area contributed by atoms with Crippen molar-refractivity contribution in [3.8, 4) is 12.3 Å². The smallest absolute Gasteiger partial charge is 0.00860 e. The summed E-state index contributed by atoms with van der Waals surface area (Å²) in [5, 5.41) is 0. The summed E-state index contributed by atoms with van der Waals surface area (Å²) in [6, 6.07) is 0. The minimum atomic E-state index is 0.965. The zero-order chi connectivity index (χ0) is 16.1. The van der Waals surface area contributed by atoms with E-state index in [9.17, 15) is 0 Å². The minimum Gasteiger partial charge on any atom is -0.120 e. The standard InChI is InChI=1S/C22H40/c1-3-5-7-9-11-13-15-17-19-21-22-20-18-16-14-12-10-8-6-4-2/h1,14,16H,4-13,15,17-22H2,2H3. The molecule has 0 aromatic rings. The third kappa shape index (κ3) is 19.3. The van der Waals surface area contributed by atoms with Crippen molar-refractivity contribution >= 4 is 0 Å². The Morgan fingerprint density at radius 1 is 0.591 bits per heavy atom. The highest BCUT2D eigenvalue weighted by Gasteiger charge is 1.92. The lowest BCUT2D eigenvalue weighted by Gasteiger charge is -2.01. The summed E-state index contributed by atoms with van der Waals surface area (Å²) in [6.07, 6.45) is 33.0. The molecule has 0 heteroatoms. The Morgan fingerprint density at radius 3 is 1.45 bits per heavy atom. The van der Waals surface area contributed by atoms with Crippen LogP contribution in [0.5, 0.6) is 0 Å². The number of terminal acetylenes is 1. The zero-order valence-electron chi connectivity index (χ0n) is 15.3. The Kier molecular flexibility index (Phi) is 19.7. The van der Waals surface area contributed by atoms with Gasteiger partial charge in [-0.05, 0) is 32.1 Å². The van der Waals surface area contributed by atoms with E-state index in [1.54, 1.807) is 0 Å². The Hall–Kier alpha value is -0.700. The highest BCUT2D eigenvalue weighted by Crippen LogP contribution is 2.12. The van der Waals surface area contributed by atoms with Crippen LogP contribution < -0.4 is 0 Å². The van der Waals surface area contributed by atoms with Crippen molar-refractivity contribution in [2.24, 2.45) is 0 Å². The molecule has 0 bridgehead atoms. The summed E-state index contributed by atoms with van der Waals surface area (Å²) < 4.78 is 0. The molecule has 0 fully saturated rings. The lowest BCUT2D eigenvalue weighted by atomic mass is 10.0. The maximum absolute atomic E-state index is 5.25. The van der Waals surface area contributed by atoms with Crippen LogP contribution >= 0.6 is 0 Å². The zero-order valence-corrected chi connectivity index (χ0v) is 15.3. The van der Waals surface area contributed by atoms with Gasteiger partial charge in [0, 0.05) is 6.42 Å². The van der Waals surface area contributed by atoms with Gasteiger partial charge in [-0.3, -0.25) is 0 Å². The molecule has 0 rings (SSSR count). The average molecular weight is 305 g/mol. The Bertz CT molecular complexity index is 256. The van der Waals surface area contributed by atoms with Crippen molar-refractivity contribution in [3.05, 3.63) is 12.2 Å². The lowest BCUT2D eigenvalue weighted by molar-refractivity contribution is 0.554. The quantitative estimate of drug-likeness (QED) is 0.146. The van der Waals surface area contributed by atoms with Gasteiger partial charge in [-0.15, -0.1) is 12.3 Å². The topological polar surface area (TPSA) is 0 Å². The van der Waals surface area contributed by atoms with Crippen LogP contribution in [0, 0.1) is 12.3 Å². The van der Waals surface area contributed by atoms with Gasteiger partial charge in [0.2, 0.25) is 0 Å². The molecule has 128 valence electrons. The summed E-state index contributed by atoms with van der Waals surface area (Å²) in [5.41, 5.74) is 0. The molecule has 0 aromatic heterocycles. The van der Waals surface area contributed by atoms with Crippen LogP contribution in [0.25, 0.3) is 0 Å². The van der Waals surface area contributed by atoms with Gasteiger partial charge < -0.3 is 0 Å². The van der Waals surface area contributed by atoms with Crippen LogP contribution in [-0.4, -0.2) is 0 Å². The molecule has 0 aromatic carbocycles. The third-order valence-corrected chi connectivity index (χ3v) is 4.33. The van der Waals surface area contributed by atoms with Crippen LogP contribution in [0.2, 0.25) is 0 Å². The van der Waals surface area contributed by atoms with E-state index in [0.29, 0.717) is 0 Å². The molecular formula is C22H40. The highest BCUT2D eigenvalue weighted by molar-refractivity contribution is 4.82. The second kappa shape index (κ2) is 20.3. The predicted molar refractivity (Wildman–Crippen MR) is 102 cm³/mol. The van der Waals surface area contributed by atoms with Gasteiger partial charge in [-0.25, -0.2) is 0 Å². The Labute approximate surface area is 141 Å². The molecule has 0 aliphatic carbocycles. The fourth-order valence-electron chi connectivity index (χ4n) is 2.83. The van der Waals surface area contributed by atoms with Gasteiger partial charge in [-0.2, -0.15) is 0 Å². The third-order valence-electron chi connectivity index (χ3n) is 4.33. The van der Waals surface area contributed by atoms with E-state index in [1.807, 2.05) is 0 Å². The molecule has 0 saturated heterocycles. The van der Waals surface area contributed by atoms with Crippen molar-refractivity contribution in [1.29, 1.82) is 0 Å². The first-order chi connectivity index (χ1) is 10.9. The molecule has 0 radical (unpaired) electrons. The van der Waals surface area contributed by atoms with Crippen molar-refractivity contribution in [1.82, 2.24) is 0 Å². The molecule has 0 saturated carbocycles. The van der Waals surface area contributed by atoms with E-state index in [2.05, 4.69) is 25.0 Å². The summed E-state index contributed by atoms with van der Waals surface area (Å²) in [6.45, 7) is 2.27. The second-order valence-corrected chi connectivity index (χ2v) is 6.60. The highest BCUT2D eigenvalue weighted by atomic mass is 14.0. The van der Waals surface area contributed by atoms with Crippen LogP contribution in [0.4, 0.5) is 0 Å². The molecule has 0 nitrogen and oxygen atoms in total. The average Bonchev–Trinajstić information content (AvgIpc) is 2.54. The Morgan fingerprint density at radius 2 is 1.00 bits per heavy atom. The van der Waals surface area contributed by atoms with E-state index >= 15 is 0 Å². The van der Waals surface area contributed by atoms with Crippen molar-refractivity contribution in [3.63, 3.8) is 0 Å². The van der Waals surface area contributed by atoms with Gasteiger partial charge in [0.05, 0.1) is 0 Å². The summed E-state index contributed by atoms with van der Waals surface area (Å²) >= 11 is 0. The van der Waals surface area contributed by atoms with E-state index in [4.69, 9.17) is 6.42 Å². The maximum atomic E-state index is 5.25. The van der Waals surface area contributed by atoms with E-state index in [-0.39, 0.29) is 0 Å². The molecule has 22 heavy (non-hydrogen) atoms. The minimum absolute atomic E-state index is 0.965. The molecule has 0 aliphatic rings. The Balaban J connectivity index is 3.02. The number of allylic oxidation sites excluding steroid dienone is 2. The molecule has 0 atom stereocenters. The lowest BCUT2D eigenvalue weighted by Crippen LogP contribution is -1.82. The van der Waals surface area contributed by atoms with Gasteiger partial charge in [-0.1, -0.05) is 89.7 Å². The largest absolute Gasteiger partial charge is 0.120 e. The van der Waals surface area contributed by atoms with Crippen molar-refractivity contribution in [2.45, 2.75) is 116 Å². The second-order valence-electron chi connectivity index (χ2n) is 6.60. The van der Waals surface area contributed by atoms with Crippen LogP contribution in [0.15, 0.2) is 12.2 Å². The van der Waals surface area contributed by atoms with Gasteiger partial charge in [0.25, 0.3) is 0 Å². The van der Waals surface area contributed by atoms with E-state index in [1.165, 1.54) is 103 Å². The van der Waals surface area contributed by atoms with Gasteiger partial charge in [0.1, 0.15) is 0 Å². The first-order valence-electron chi connectivity index (χ1n) is 10.00. The molecule has 0 heterocycles. The van der Waals surface area contributed by atoms with E-state index < -0.39 is 0 Å². The number of rotatable bonds is 17. The molecule has 0 aliphatic heterocycles. The SMILES string of the molecule is C#CCCCCCCCCCCCCC=CCCCCCC. The first kappa shape index (κ1) is 21.3. The molecular weight excluding hydrogens is 264 g/mol. The van der Waals surface area contributed by atoms with Gasteiger partial charge >= 0.3 is 0 Å². The summed E-state index contributed by atoms with van der Waals surface area (Å²) in [4.78, 5) is 0. The molecule has 0 unspecified atom stereocenters. The number of unbranched alkanes of at least 4 members (excludes halogenated alkanes) is 15. The van der Waals surface area contributed by atoms with Crippen LogP contribution in [-0.2, 0) is 0 Å². The predicted octanol–water partition coefficient (Wildman–Crippen LogP) is 7.83.